The Labute approximate surface area is 150 Å². The Kier molecular flexibility index (Phi) is 5.46. The van der Waals surface area contributed by atoms with E-state index in [0.717, 1.165) is 6.07 Å². The van der Waals surface area contributed by atoms with Crippen molar-refractivity contribution in [2.75, 3.05) is 18.4 Å². The third-order valence-corrected chi connectivity index (χ3v) is 4.35. The van der Waals surface area contributed by atoms with Crippen LogP contribution in [0.5, 0.6) is 0 Å². The summed E-state index contributed by atoms with van der Waals surface area (Å²) in [6, 6.07) is 12.0. The van der Waals surface area contributed by atoms with Gasteiger partial charge >= 0.3 is 6.03 Å². The highest BCUT2D eigenvalue weighted by Gasteiger charge is 2.25. The molecule has 0 aliphatic carbocycles. The summed E-state index contributed by atoms with van der Waals surface area (Å²) in [5, 5.41) is 5.34. The molecule has 3 amide bonds. The number of urea groups is 1. The molecule has 0 atom stereocenters. The zero-order valence-corrected chi connectivity index (χ0v) is 14.0. The van der Waals surface area contributed by atoms with Crippen LogP contribution in [0.3, 0.4) is 0 Å². The number of likely N-dealkylation sites (tertiary alicyclic amines) is 1. The van der Waals surface area contributed by atoms with Crippen LogP contribution in [0, 0.1) is 11.6 Å². The maximum absolute atomic E-state index is 13.6. The van der Waals surface area contributed by atoms with E-state index in [1.807, 2.05) is 6.07 Å². The van der Waals surface area contributed by atoms with Crippen LogP contribution in [0.4, 0.5) is 19.3 Å². The van der Waals surface area contributed by atoms with Crippen molar-refractivity contribution in [3.05, 3.63) is 65.7 Å². The molecule has 136 valence electrons. The van der Waals surface area contributed by atoms with Crippen molar-refractivity contribution in [3.8, 4) is 0 Å². The molecule has 26 heavy (non-hydrogen) atoms. The Balaban J connectivity index is 1.51. The summed E-state index contributed by atoms with van der Waals surface area (Å²) in [7, 11) is 0. The van der Waals surface area contributed by atoms with E-state index >= 15 is 0 Å². The van der Waals surface area contributed by atoms with Gasteiger partial charge in [-0.05, 0) is 37.1 Å². The number of benzene rings is 2. The number of nitrogens with zero attached hydrogens (tertiary/aromatic N) is 1. The van der Waals surface area contributed by atoms with E-state index in [-0.39, 0.29) is 17.6 Å². The molecule has 2 N–H and O–H groups in total. The van der Waals surface area contributed by atoms with Gasteiger partial charge in [0.1, 0.15) is 0 Å². The van der Waals surface area contributed by atoms with Crippen molar-refractivity contribution >= 4 is 17.6 Å². The summed E-state index contributed by atoms with van der Waals surface area (Å²) < 4.78 is 26.8. The van der Waals surface area contributed by atoms with Crippen molar-refractivity contribution in [2.45, 2.75) is 18.9 Å². The maximum atomic E-state index is 13.6. The molecular weight excluding hydrogens is 340 g/mol. The van der Waals surface area contributed by atoms with Gasteiger partial charge in [-0.15, -0.1) is 0 Å². The molecular formula is C19H19F2N3O2. The predicted octanol–water partition coefficient (Wildman–Crippen LogP) is 3.39. The number of carbonyl (C=O) groups excluding carboxylic acids is 2. The first-order valence-corrected chi connectivity index (χ1v) is 8.40. The van der Waals surface area contributed by atoms with Gasteiger partial charge in [0.15, 0.2) is 11.6 Å². The summed E-state index contributed by atoms with van der Waals surface area (Å²) in [6.07, 6.45) is 1.19. The Morgan fingerprint density at radius 3 is 2.35 bits per heavy atom. The second kappa shape index (κ2) is 7.95. The van der Waals surface area contributed by atoms with E-state index in [1.54, 1.807) is 24.3 Å². The molecule has 0 unspecified atom stereocenters. The van der Waals surface area contributed by atoms with Gasteiger partial charge in [-0.3, -0.25) is 4.79 Å². The lowest BCUT2D eigenvalue weighted by molar-refractivity contribution is 0.0919. The van der Waals surface area contributed by atoms with Crippen LogP contribution >= 0.6 is 0 Å². The first kappa shape index (κ1) is 17.8. The maximum Gasteiger partial charge on any atom is 0.321 e. The van der Waals surface area contributed by atoms with Crippen LogP contribution in [0.25, 0.3) is 0 Å². The number of nitrogens with one attached hydrogen (secondary N) is 2. The number of carbonyl (C=O) groups is 2. The topological polar surface area (TPSA) is 61.4 Å². The Morgan fingerprint density at radius 2 is 1.65 bits per heavy atom. The normalized spacial score (nSPS) is 14.8. The molecule has 1 fully saturated rings. The van der Waals surface area contributed by atoms with Crippen molar-refractivity contribution < 1.29 is 18.4 Å². The monoisotopic (exact) mass is 359 g/mol. The molecule has 1 aliphatic heterocycles. The Bertz CT molecular complexity index is 791. The van der Waals surface area contributed by atoms with E-state index in [2.05, 4.69) is 10.6 Å². The zero-order chi connectivity index (χ0) is 18.5. The van der Waals surface area contributed by atoms with Gasteiger partial charge in [0.25, 0.3) is 5.91 Å². The lowest BCUT2D eigenvalue weighted by atomic mass is 10.0. The number of hydrogen-bond acceptors (Lipinski definition) is 2. The molecule has 7 heteroatoms. The number of hydrogen-bond donors (Lipinski definition) is 2. The second-order valence-electron chi connectivity index (χ2n) is 6.13. The van der Waals surface area contributed by atoms with Crippen molar-refractivity contribution in [1.29, 1.82) is 0 Å². The van der Waals surface area contributed by atoms with Crippen molar-refractivity contribution in [1.82, 2.24) is 10.2 Å². The minimum Gasteiger partial charge on any atom is -0.349 e. The summed E-state index contributed by atoms with van der Waals surface area (Å²) in [5.41, 5.74) is 0.406. The van der Waals surface area contributed by atoms with Crippen molar-refractivity contribution in [2.24, 2.45) is 0 Å². The van der Waals surface area contributed by atoms with E-state index in [0.29, 0.717) is 31.5 Å². The molecule has 1 aliphatic rings. The summed E-state index contributed by atoms with van der Waals surface area (Å²) >= 11 is 0. The molecule has 1 saturated heterocycles. The van der Waals surface area contributed by atoms with Crippen molar-refractivity contribution in [3.63, 3.8) is 0 Å². The highest BCUT2D eigenvalue weighted by molar-refractivity contribution is 5.94. The second-order valence-corrected chi connectivity index (χ2v) is 6.13. The fourth-order valence-corrected chi connectivity index (χ4v) is 2.88. The number of amides is 3. The molecule has 1 heterocycles. The smallest absolute Gasteiger partial charge is 0.321 e. The van der Waals surface area contributed by atoms with Crippen LogP contribution in [-0.2, 0) is 0 Å². The van der Waals surface area contributed by atoms with Gasteiger partial charge < -0.3 is 15.5 Å². The molecule has 0 radical (unpaired) electrons. The fraction of sp³-hybridized carbons (Fsp3) is 0.263. The number of piperidine rings is 1. The number of rotatable bonds is 3. The van der Waals surface area contributed by atoms with E-state index in [9.17, 15) is 18.4 Å². The van der Waals surface area contributed by atoms with Crippen LogP contribution in [-0.4, -0.2) is 36.0 Å². The third-order valence-electron chi connectivity index (χ3n) is 4.35. The molecule has 5 nitrogen and oxygen atoms in total. The molecule has 3 rings (SSSR count). The summed E-state index contributed by atoms with van der Waals surface area (Å²) in [4.78, 5) is 25.9. The number of anilines is 1. The van der Waals surface area contributed by atoms with Crippen LogP contribution in [0.1, 0.15) is 23.2 Å². The largest absolute Gasteiger partial charge is 0.349 e. The minimum absolute atomic E-state index is 0.0299. The Hall–Kier alpha value is -2.96. The highest BCUT2D eigenvalue weighted by Crippen LogP contribution is 2.18. The standard InChI is InChI=1S/C19H19F2N3O2/c20-15-7-4-8-16(17(15)21)23-19(26)24-11-9-14(10-12-24)22-18(25)13-5-2-1-3-6-13/h1-8,14H,9-12H2,(H,22,25)(H,23,26). The highest BCUT2D eigenvalue weighted by atomic mass is 19.2. The lowest BCUT2D eigenvalue weighted by Gasteiger charge is -2.32. The first-order valence-electron chi connectivity index (χ1n) is 8.40. The molecule has 0 bridgehead atoms. The quantitative estimate of drug-likeness (QED) is 0.882. The average Bonchev–Trinajstić information content (AvgIpc) is 2.66. The number of halogens is 2. The van der Waals surface area contributed by atoms with Crippen LogP contribution < -0.4 is 10.6 Å². The van der Waals surface area contributed by atoms with Crippen LogP contribution in [0.2, 0.25) is 0 Å². The average molecular weight is 359 g/mol. The molecule has 0 saturated carbocycles. The molecule has 0 aromatic heterocycles. The van der Waals surface area contributed by atoms with E-state index < -0.39 is 17.7 Å². The first-order chi connectivity index (χ1) is 12.5. The van der Waals surface area contributed by atoms with Gasteiger partial charge in [-0.2, -0.15) is 0 Å². The predicted molar refractivity (Wildman–Crippen MR) is 93.9 cm³/mol. The van der Waals surface area contributed by atoms with Gasteiger partial charge in [-0.1, -0.05) is 24.3 Å². The van der Waals surface area contributed by atoms with Gasteiger partial charge in [0, 0.05) is 24.7 Å². The minimum atomic E-state index is -1.08. The summed E-state index contributed by atoms with van der Waals surface area (Å²) in [6.45, 7) is 0.838. The Morgan fingerprint density at radius 1 is 0.962 bits per heavy atom. The van der Waals surface area contributed by atoms with Gasteiger partial charge in [-0.25, -0.2) is 13.6 Å². The fourth-order valence-electron chi connectivity index (χ4n) is 2.88. The lowest BCUT2D eigenvalue weighted by Crippen LogP contribution is -2.47. The van der Waals surface area contributed by atoms with Gasteiger partial charge in [0.2, 0.25) is 0 Å². The third kappa shape index (κ3) is 4.17. The SMILES string of the molecule is O=C(NC1CCN(C(=O)Nc2cccc(F)c2F)CC1)c1ccccc1. The molecule has 2 aromatic rings. The van der Waals surface area contributed by atoms with Gasteiger partial charge in [0.05, 0.1) is 5.69 Å². The summed E-state index contributed by atoms with van der Waals surface area (Å²) in [5.74, 6) is -2.23. The molecule has 0 spiro atoms. The van der Waals surface area contributed by atoms with Crippen LogP contribution in [0.15, 0.2) is 48.5 Å². The van der Waals surface area contributed by atoms with E-state index in [4.69, 9.17) is 0 Å². The zero-order valence-electron chi connectivity index (χ0n) is 14.0. The molecule has 2 aromatic carbocycles. The van der Waals surface area contributed by atoms with E-state index in [1.165, 1.54) is 17.0 Å².